The standard InChI is InChI=1S/C27H36F2N2O5S/c1-16-18-12-13-31(23(32)8-7-9-24(33)34)25(19(18)10-11-22(16)36-2)27(35)30-17-14-20(28)26(21(29)15-17)37(3,4,5)6/h10-11,14-15,25,37H,7-9,12-13H2,1-6H3,(H,30,35)(H,33,34). The van der Waals surface area contributed by atoms with Crippen molar-refractivity contribution in [1.29, 1.82) is 0 Å². The average Bonchev–Trinajstić information content (AvgIpc) is 2.76. The molecule has 1 unspecified atom stereocenters. The van der Waals surface area contributed by atoms with Crippen LogP contribution < -0.4 is 10.1 Å². The number of ether oxygens (including phenoxy) is 1. The number of methoxy groups -OCH3 is 1. The maximum absolute atomic E-state index is 15.0. The van der Waals surface area contributed by atoms with E-state index in [9.17, 15) is 14.4 Å². The Balaban J connectivity index is 1.99. The lowest BCUT2D eigenvalue weighted by Crippen LogP contribution is -2.45. The van der Waals surface area contributed by atoms with Crippen LogP contribution in [0.25, 0.3) is 0 Å². The zero-order valence-corrected chi connectivity index (χ0v) is 23.0. The molecule has 0 bridgehead atoms. The number of hydrogen-bond acceptors (Lipinski definition) is 4. The monoisotopic (exact) mass is 538 g/mol. The minimum Gasteiger partial charge on any atom is -0.496 e. The van der Waals surface area contributed by atoms with Gasteiger partial charge >= 0.3 is 5.97 Å². The molecular formula is C27H36F2N2O5S. The number of halogens is 2. The highest BCUT2D eigenvalue weighted by atomic mass is 32.3. The molecule has 1 heterocycles. The van der Waals surface area contributed by atoms with Gasteiger partial charge in [0.15, 0.2) is 0 Å². The predicted molar refractivity (Wildman–Crippen MR) is 143 cm³/mol. The van der Waals surface area contributed by atoms with E-state index in [-0.39, 0.29) is 42.3 Å². The molecular weight excluding hydrogens is 502 g/mol. The first-order valence-electron chi connectivity index (χ1n) is 12.1. The number of rotatable bonds is 8. The normalized spacial score (nSPS) is 16.4. The third-order valence-electron chi connectivity index (χ3n) is 6.54. The van der Waals surface area contributed by atoms with Crippen LogP contribution in [-0.2, 0) is 20.8 Å². The van der Waals surface area contributed by atoms with Crippen LogP contribution in [0.1, 0.15) is 42.0 Å². The smallest absolute Gasteiger partial charge is 0.303 e. The topological polar surface area (TPSA) is 95.9 Å². The summed E-state index contributed by atoms with van der Waals surface area (Å²) in [5.74, 6) is -2.78. The number of fused-ring (bicyclic) bond motifs is 1. The Labute approximate surface area is 216 Å². The van der Waals surface area contributed by atoms with Crippen LogP contribution in [0.2, 0.25) is 0 Å². The second kappa shape index (κ2) is 10.3. The van der Waals surface area contributed by atoms with Gasteiger partial charge in [-0.15, -0.1) is 0 Å². The van der Waals surface area contributed by atoms with Crippen LogP contribution in [0.5, 0.6) is 5.75 Å². The molecule has 2 N–H and O–H groups in total. The first-order chi connectivity index (χ1) is 17.1. The number of nitrogens with zero attached hydrogens (tertiary/aromatic N) is 1. The van der Waals surface area contributed by atoms with Crippen molar-refractivity contribution in [2.24, 2.45) is 0 Å². The molecule has 0 spiro atoms. The average molecular weight is 539 g/mol. The maximum atomic E-state index is 15.0. The Morgan fingerprint density at radius 2 is 1.73 bits per heavy atom. The molecule has 1 aliphatic rings. The van der Waals surface area contributed by atoms with Crippen molar-refractivity contribution in [2.45, 2.75) is 43.5 Å². The number of carbonyl (C=O) groups is 3. The molecule has 2 amide bonds. The van der Waals surface area contributed by atoms with Gasteiger partial charge in [-0.1, -0.05) is 6.07 Å². The molecule has 2 aromatic carbocycles. The molecule has 3 rings (SSSR count). The molecule has 204 valence electrons. The minimum atomic E-state index is -2.77. The minimum absolute atomic E-state index is 0.0324. The number of anilines is 1. The fourth-order valence-electron chi connectivity index (χ4n) is 4.88. The highest BCUT2D eigenvalue weighted by Gasteiger charge is 2.37. The van der Waals surface area contributed by atoms with E-state index in [4.69, 9.17) is 9.84 Å². The van der Waals surface area contributed by atoms with Crippen molar-refractivity contribution in [2.75, 3.05) is 44.0 Å². The largest absolute Gasteiger partial charge is 0.496 e. The van der Waals surface area contributed by atoms with Gasteiger partial charge < -0.3 is 20.1 Å². The zero-order valence-electron chi connectivity index (χ0n) is 22.2. The third kappa shape index (κ3) is 6.23. The fourth-order valence-corrected chi connectivity index (χ4v) is 6.72. The van der Waals surface area contributed by atoms with Crippen molar-refractivity contribution < 1.29 is 33.0 Å². The Morgan fingerprint density at radius 1 is 1.11 bits per heavy atom. The number of nitrogens with one attached hydrogen (secondary N) is 1. The van der Waals surface area contributed by atoms with Gasteiger partial charge in [-0.25, -0.2) is 8.78 Å². The molecule has 0 radical (unpaired) electrons. The molecule has 0 saturated heterocycles. The second-order valence-corrected chi connectivity index (χ2v) is 18.9. The molecule has 10 heteroatoms. The van der Waals surface area contributed by atoms with E-state index in [0.717, 1.165) is 23.3 Å². The van der Waals surface area contributed by atoms with Crippen molar-refractivity contribution in [1.82, 2.24) is 4.90 Å². The van der Waals surface area contributed by atoms with Crippen molar-refractivity contribution in [3.63, 3.8) is 0 Å². The summed E-state index contributed by atoms with van der Waals surface area (Å²) in [6.45, 7) is 2.11. The molecule has 1 aliphatic heterocycles. The first kappa shape index (κ1) is 28.4. The maximum Gasteiger partial charge on any atom is 0.303 e. The van der Waals surface area contributed by atoms with Crippen LogP contribution in [0.15, 0.2) is 29.2 Å². The highest BCUT2D eigenvalue weighted by molar-refractivity contribution is 8.47. The van der Waals surface area contributed by atoms with E-state index in [1.54, 1.807) is 19.2 Å². The van der Waals surface area contributed by atoms with Crippen LogP contribution in [0.4, 0.5) is 14.5 Å². The molecule has 1 atom stereocenters. The molecule has 2 aromatic rings. The quantitative estimate of drug-likeness (QED) is 0.429. The summed E-state index contributed by atoms with van der Waals surface area (Å²) in [4.78, 5) is 39.0. The number of hydrogen-bond donors (Lipinski definition) is 3. The summed E-state index contributed by atoms with van der Waals surface area (Å²) in [7, 11) is -1.22. The van der Waals surface area contributed by atoms with E-state index in [0.29, 0.717) is 17.7 Å². The van der Waals surface area contributed by atoms with Gasteiger partial charge in [-0.05, 0) is 79.7 Å². The number of amides is 2. The Kier molecular flexibility index (Phi) is 7.93. The highest BCUT2D eigenvalue weighted by Crippen LogP contribution is 2.65. The van der Waals surface area contributed by atoms with E-state index in [1.807, 2.05) is 31.9 Å². The van der Waals surface area contributed by atoms with Gasteiger partial charge in [0.25, 0.3) is 5.91 Å². The van der Waals surface area contributed by atoms with E-state index in [2.05, 4.69) is 5.32 Å². The number of carbonyl (C=O) groups excluding carboxylic acids is 2. The Morgan fingerprint density at radius 3 is 2.27 bits per heavy atom. The van der Waals surface area contributed by atoms with Crippen LogP contribution in [-0.4, -0.2) is 66.5 Å². The number of carboxylic acids is 1. The molecule has 37 heavy (non-hydrogen) atoms. The summed E-state index contributed by atoms with van der Waals surface area (Å²) < 4.78 is 35.5. The molecule has 7 nitrogen and oxygen atoms in total. The van der Waals surface area contributed by atoms with Crippen LogP contribution >= 0.6 is 9.16 Å². The summed E-state index contributed by atoms with van der Waals surface area (Å²) in [6, 6.07) is 4.61. The SMILES string of the molecule is COc1ccc2c(c1C)CCN(C(=O)CCCC(=O)O)C2C(=O)Nc1cc(F)c([SH](C)(C)(C)C)c(F)c1. The Hall–Kier alpha value is -3.14. The van der Waals surface area contributed by atoms with Crippen molar-refractivity contribution in [3.05, 3.63) is 52.6 Å². The number of benzene rings is 2. The lowest BCUT2D eigenvalue weighted by Gasteiger charge is -2.47. The van der Waals surface area contributed by atoms with Crippen LogP contribution in [0, 0.1) is 18.6 Å². The Bertz CT molecular complexity index is 1220. The number of aliphatic carboxylic acids is 1. The lowest BCUT2D eigenvalue weighted by molar-refractivity contribution is -0.140. The van der Waals surface area contributed by atoms with Gasteiger partial charge in [0.2, 0.25) is 5.91 Å². The fraction of sp³-hybridized carbons (Fsp3) is 0.444. The molecule has 0 aromatic heterocycles. The van der Waals surface area contributed by atoms with E-state index < -0.39 is 38.7 Å². The van der Waals surface area contributed by atoms with E-state index in [1.165, 1.54) is 4.90 Å². The molecule has 0 aliphatic carbocycles. The van der Waals surface area contributed by atoms with Gasteiger partial charge in [0.05, 0.1) is 7.11 Å². The second-order valence-electron chi connectivity index (χ2n) is 11.3. The summed E-state index contributed by atoms with van der Waals surface area (Å²) >= 11 is 0. The summed E-state index contributed by atoms with van der Waals surface area (Å²) in [5.41, 5.74) is 2.27. The summed E-state index contributed by atoms with van der Waals surface area (Å²) in [5, 5.41) is 11.5. The van der Waals surface area contributed by atoms with Crippen molar-refractivity contribution >= 4 is 32.6 Å². The number of thiol groups is 1. The number of carboxylic acid groups (broad SMARTS) is 1. The third-order valence-corrected chi connectivity index (χ3v) is 8.76. The van der Waals surface area contributed by atoms with E-state index >= 15 is 8.78 Å². The summed E-state index contributed by atoms with van der Waals surface area (Å²) in [6.07, 6.45) is 7.79. The van der Waals surface area contributed by atoms with Crippen LogP contribution in [0.3, 0.4) is 0 Å². The van der Waals surface area contributed by atoms with Gasteiger partial charge in [-0.3, -0.25) is 23.5 Å². The van der Waals surface area contributed by atoms with Gasteiger partial charge in [0.1, 0.15) is 23.4 Å². The molecule has 0 fully saturated rings. The lowest BCUT2D eigenvalue weighted by atomic mass is 9.88. The predicted octanol–water partition coefficient (Wildman–Crippen LogP) is 4.55. The zero-order chi connectivity index (χ0) is 27.7. The molecule has 0 saturated carbocycles. The van der Waals surface area contributed by atoms with Gasteiger partial charge in [0, 0.05) is 30.0 Å². The first-order valence-corrected chi connectivity index (χ1v) is 16.1. The van der Waals surface area contributed by atoms with Crippen molar-refractivity contribution in [3.8, 4) is 5.75 Å². The van der Waals surface area contributed by atoms with Gasteiger partial charge in [-0.2, -0.15) is 0 Å².